The van der Waals surface area contributed by atoms with Crippen molar-refractivity contribution in [2.45, 2.75) is 19.8 Å². The Morgan fingerprint density at radius 2 is 1.96 bits per heavy atom. The van der Waals surface area contributed by atoms with E-state index < -0.39 is 5.97 Å². The summed E-state index contributed by atoms with van der Waals surface area (Å²) in [6, 6.07) is 5.84. The first-order valence-electron chi connectivity index (χ1n) is 7.31. The number of ether oxygens (including phenoxy) is 1. The number of carbonyl (C=O) groups excluding carboxylic acids is 2. The van der Waals surface area contributed by atoms with Crippen LogP contribution in [0.15, 0.2) is 24.3 Å². The molecular weight excluding hydrogens is 353 g/mol. The number of esters is 1. The van der Waals surface area contributed by atoms with Gasteiger partial charge in [-0.2, -0.15) is 0 Å². The number of hydrogen-bond donors (Lipinski definition) is 1. The van der Waals surface area contributed by atoms with Gasteiger partial charge in [-0.05, 0) is 31.0 Å². The van der Waals surface area contributed by atoms with Crippen LogP contribution in [0.3, 0.4) is 0 Å². The number of halogens is 2. The van der Waals surface area contributed by atoms with Gasteiger partial charge in [-0.25, -0.2) is 9.18 Å². The lowest BCUT2D eigenvalue weighted by Gasteiger charge is -2.08. The van der Waals surface area contributed by atoms with Crippen LogP contribution in [0.25, 0.3) is 11.1 Å². The Bertz CT molecular complexity index is 743. The summed E-state index contributed by atoms with van der Waals surface area (Å²) in [4.78, 5) is 25.0. The molecule has 0 spiro atoms. The Morgan fingerprint density at radius 1 is 1.29 bits per heavy atom. The van der Waals surface area contributed by atoms with Crippen molar-refractivity contribution in [3.63, 3.8) is 0 Å². The minimum atomic E-state index is -0.550. The molecule has 0 saturated carbocycles. The second-order valence-electron chi connectivity index (χ2n) is 5.08. The molecule has 2 aromatic rings. The summed E-state index contributed by atoms with van der Waals surface area (Å²) in [5.74, 6) is -0.735. The maximum atomic E-state index is 13.2. The van der Waals surface area contributed by atoms with Crippen molar-refractivity contribution in [3.8, 4) is 11.1 Å². The fraction of sp³-hybridized carbons (Fsp3) is 0.294. The highest BCUT2D eigenvalue weighted by Crippen LogP contribution is 2.40. The first-order valence-corrected chi connectivity index (χ1v) is 8.66. The summed E-state index contributed by atoms with van der Waals surface area (Å²) in [5, 5.41) is 3.18. The Balaban J connectivity index is 2.45. The molecule has 0 radical (unpaired) electrons. The molecular formula is C17H17ClFNO3S. The van der Waals surface area contributed by atoms with Gasteiger partial charge in [0.25, 0.3) is 0 Å². The van der Waals surface area contributed by atoms with Gasteiger partial charge in [0.05, 0.1) is 7.11 Å². The van der Waals surface area contributed by atoms with Crippen LogP contribution in [0.1, 0.15) is 28.1 Å². The van der Waals surface area contributed by atoms with E-state index in [4.69, 9.17) is 16.3 Å². The number of rotatable bonds is 6. The topological polar surface area (TPSA) is 55.4 Å². The van der Waals surface area contributed by atoms with Crippen molar-refractivity contribution in [3.05, 3.63) is 40.5 Å². The van der Waals surface area contributed by atoms with Crippen LogP contribution in [0.5, 0.6) is 0 Å². The Kier molecular flexibility index (Phi) is 6.34. The lowest BCUT2D eigenvalue weighted by molar-refractivity contribution is -0.116. The summed E-state index contributed by atoms with van der Waals surface area (Å²) in [7, 11) is 1.28. The largest absolute Gasteiger partial charge is 0.465 e. The van der Waals surface area contributed by atoms with Crippen molar-refractivity contribution < 1.29 is 18.7 Å². The van der Waals surface area contributed by atoms with Crippen LogP contribution in [0, 0.1) is 12.7 Å². The van der Waals surface area contributed by atoms with Crippen LogP contribution in [0.2, 0.25) is 0 Å². The third kappa shape index (κ3) is 4.13. The highest BCUT2D eigenvalue weighted by atomic mass is 35.5. The van der Waals surface area contributed by atoms with E-state index in [9.17, 15) is 14.0 Å². The molecule has 0 atom stereocenters. The molecule has 0 fully saturated rings. The zero-order valence-electron chi connectivity index (χ0n) is 13.3. The third-order valence-electron chi connectivity index (χ3n) is 3.40. The van der Waals surface area contributed by atoms with Gasteiger partial charge in [0, 0.05) is 22.7 Å². The van der Waals surface area contributed by atoms with E-state index >= 15 is 0 Å². The fourth-order valence-corrected chi connectivity index (χ4v) is 3.52. The normalized spacial score (nSPS) is 10.5. The van der Waals surface area contributed by atoms with E-state index in [-0.39, 0.29) is 23.7 Å². The van der Waals surface area contributed by atoms with Gasteiger partial charge in [-0.1, -0.05) is 12.1 Å². The number of methoxy groups -OCH3 is 1. The predicted molar refractivity (Wildman–Crippen MR) is 94.4 cm³/mol. The number of aryl methyl sites for hydroxylation is 1. The van der Waals surface area contributed by atoms with Gasteiger partial charge < -0.3 is 10.1 Å². The van der Waals surface area contributed by atoms with Crippen LogP contribution < -0.4 is 5.32 Å². The number of benzene rings is 1. The standard InChI is InChI=1S/C17H17ClFNO3S/c1-10-14(11-5-7-12(19)8-6-11)15(17(22)23-2)16(24-10)20-13(21)4-3-9-18/h5-8H,3-4,9H2,1-2H3,(H,20,21). The Hall–Kier alpha value is -1.92. The number of thiophene rings is 1. The molecule has 1 N–H and O–H groups in total. The second kappa shape index (κ2) is 8.26. The lowest BCUT2D eigenvalue weighted by Crippen LogP contribution is -2.13. The summed E-state index contributed by atoms with van der Waals surface area (Å²) in [6.07, 6.45) is 0.822. The molecule has 0 aliphatic heterocycles. The zero-order chi connectivity index (χ0) is 17.7. The first-order chi connectivity index (χ1) is 11.5. The SMILES string of the molecule is COC(=O)c1c(NC(=O)CCCCl)sc(C)c1-c1ccc(F)cc1. The number of amides is 1. The number of nitrogens with one attached hydrogen (secondary N) is 1. The van der Waals surface area contributed by atoms with Gasteiger partial charge in [-0.15, -0.1) is 22.9 Å². The molecule has 1 aromatic carbocycles. The second-order valence-corrected chi connectivity index (χ2v) is 6.68. The Morgan fingerprint density at radius 3 is 2.54 bits per heavy atom. The van der Waals surface area contributed by atoms with E-state index in [0.717, 1.165) is 4.88 Å². The minimum absolute atomic E-state index is 0.215. The monoisotopic (exact) mass is 369 g/mol. The fourth-order valence-electron chi connectivity index (χ4n) is 2.31. The molecule has 0 bridgehead atoms. The molecule has 2 rings (SSSR count). The number of hydrogen-bond acceptors (Lipinski definition) is 4. The van der Waals surface area contributed by atoms with E-state index in [1.165, 1.54) is 30.6 Å². The van der Waals surface area contributed by atoms with Crippen LogP contribution >= 0.6 is 22.9 Å². The average Bonchev–Trinajstić information content (AvgIpc) is 2.89. The molecule has 1 heterocycles. The first kappa shape index (κ1) is 18.4. The van der Waals surface area contributed by atoms with Crippen molar-refractivity contribution in [1.82, 2.24) is 0 Å². The Labute approximate surface area is 148 Å². The van der Waals surface area contributed by atoms with Crippen LogP contribution in [-0.4, -0.2) is 24.9 Å². The molecule has 7 heteroatoms. The minimum Gasteiger partial charge on any atom is -0.465 e. The van der Waals surface area contributed by atoms with Crippen molar-refractivity contribution in [2.75, 3.05) is 18.3 Å². The van der Waals surface area contributed by atoms with Crippen LogP contribution in [0.4, 0.5) is 9.39 Å². The van der Waals surface area contributed by atoms with Crippen molar-refractivity contribution >= 4 is 39.8 Å². The van der Waals surface area contributed by atoms with Gasteiger partial charge >= 0.3 is 5.97 Å². The lowest BCUT2D eigenvalue weighted by atomic mass is 10.0. The van der Waals surface area contributed by atoms with E-state index in [1.54, 1.807) is 12.1 Å². The van der Waals surface area contributed by atoms with Crippen LogP contribution in [-0.2, 0) is 9.53 Å². The molecule has 1 aromatic heterocycles. The van der Waals surface area contributed by atoms with Gasteiger partial charge in [-0.3, -0.25) is 4.79 Å². The summed E-state index contributed by atoms with van der Waals surface area (Å²) in [6.45, 7) is 1.84. The number of alkyl halides is 1. The van der Waals surface area contributed by atoms with Gasteiger partial charge in [0.1, 0.15) is 16.4 Å². The molecule has 0 aliphatic rings. The highest BCUT2D eigenvalue weighted by molar-refractivity contribution is 7.17. The number of anilines is 1. The molecule has 0 unspecified atom stereocenters. The van der Waals surface area contributed by atoms with Gasteiger partial charge in [0.15, 0.2) is 0 Å². The predicted octanol–water partition coefficient (Wildman–Crippen LogP) is 4.61. The highest BCUT2D eigenvalue weighted by Gasteiger charge is 2.25. The maximum absolute atomic E-state index is 13.2. The molecule has 128 valence electrons. The van der Waals surface area contributed by atoms with Gasteiger partial charge in [0.2, 0.25) is 5.91 Å². The summed E-state index contributed by atoms with van der Waals surface area (Å²) in [5.41, 5.74) is 1.61. The molecule has 0 aliphatic carbocycles. The smallest absolute Gasteiger partial charge is 0.341 e. The molecule has 24 heavy (non-hydrogen) atoms. The van der Waals surface area contributed by atoms with Crippen molar-refractivity contribution in [2.24, 2.45) is 0 Å². The quantitative estimate of drug-likeness (QED) is 0.597. The summed E-state index contributed by atoms with van der Waals surface area (Å²) >= 11 is 6.88. The number of carbonyl (C=O) groups is 2. The van der Waals surface area contributed by atoms with Crippen molar-refractivity contribution in [1.29, 1.82) is 0 Å². The molecule has 4 nitrogen and oxygen atoms in total. The van der Waals surface area contributed by atoms with E-state index in [2.05, 4.69) is 5.32 Å². The summed E-state index contributed by atoms with van der Waals surface area (Å²) < 4.78 is 18.0. The van der Waals surface area contributed by atoms with E-state index in [0.29, 0.717) is 28.4 Å². The molecule has 1 amide bonds. The van der Waals surface area contributed by atoms with E-state index in [1.807, 2.05) is 6.92 Å². The zero-order valence-corrected chi connectivity index (χ0v) is 14.9. The maximum Gasteiger partial charge on any atom is 0.341 e. The average molecular weight is 370 g/mol. The molecule has 0 saturated heterocycles. The third-order valence-corrected chi connectivity index (χ3v) is 4.68.